The molecule has 0 atom stereocenters. The second kappa shape index (κ2) is 11.2. The molecule has 1 saturated carbocycles. The van der Waals surface area contributed by atoms with Crippen LogP contribution in [0.2, 0.25) is 0 Å². The Morgan fingerprint density at radius 1 is 0.974 bits per heavy atom. The summed E-state index contributed by atoms with van der Waals surface area (Å²) in [5, 5.41) is 16.0. The molecule has 14 heteroatoms. The number of nitrogens with zero attached hydrogens (tertiary/aromatic N) is 6. The number of carboxylic acid groups (broad SMARTS) is 1. The summed E-state index contributed by atoms with van der Waals surface area (Å²) in [7, 11) is 1.13. The van der Waals surface area contributed by atoms with Crippen molar-refractivity contribution in [1.82, 2.24) is 29.5 Å². The van der Waals surface area contributed by atoms with Gasteiger partial charge in [0.25, 0.3) is 11.8 Å². The second-order valence-corrected chi connectivity index (χ2v) is 8.32. The molecule has 202 valence electrons. The molecule has 0 amide bonds. The molecule has 1 aliphatic rings. The Morgan fingerprint density at radius 2 is 1.59 bits per heavy atom. The second-order valence-electron chi connectivity index (χ2n) is 8.32. The third-order valence-electron chi connectivity index (χ3n) is 5.94. The van der Waals surface area contributed by atoms with Gasteiger partial charge in [-0.2, -0.15) is 23.4 Å². The molecule has 11 nitrogen and oxygen atoms in total. The van der Waals surface area contributed by atoms with Gasteiger partial charge in [0.15, 0.2) is 5.69 Å². The Morgan fingerprint density at radius 3 is 1.97 bits per heavy atom. The first-order chi connectivity index (χ1) is 18.6. The lowest BCUT2D eigenvalue weighted by atomic mass is 9.75. The van der Waals surface area contributed by atoms with E-state index in [1.165, 1.54) is 55.4 Å². The van der Waals surface area contributed by atoms with Crippen molar-refractivity contribution in [3.8, 4) is 5.88 Å². The van der Waals surface area contributed by atoms with Gasteiger partial charge in [0, 0.05) is 37.2 Å². The highest BCUT2D eigenvalue weighted by Gasteiger charge is 2.44. The smallest absolute Gasteiger partial charge is 0.434 e. The number of alkyl halides is 3. The molecule has 39 heavy (non-hydrogen) atoms. The molecule has 1 N–H and O–H groups in total. The molecule has 1 fully saturated rings. The summed E-state index contributed by atoms with van der Waals surface area (Å²) in [5.41, 5.74) is -2.10. The van der Waals surface area contributed by atoms with Gasteiger partial charge in [-0.3, -0.25) is 14.6 Å². The van der Waals surface area contributed by atoms with Crippen molar-refractivity contribution < 1.29 is 37.4 Å². The largest absolute Gasteiger partial charge is 0.480 e. The average molecular weight is 542 g/mol. The van der Waals surface area contributed by atoms with Crippen LogP contribution in [0.1, 0.15) is 67.5 Å². The number of halogens is 3. The summed E-state index contributed by atoms with van der Waals surface area (Å²) >= 11 is 0. The van der Waals surface area contributed by atoms with Gasteiger partial charge in [0.1, 0.15) is 5.56 Å². The van der Waals surface area contributed by atoms with E-state index in [1.807, 2.05) is 0 Å². The highest BCUT2D eigenvalue weighted by atomic mass is 19.4. The number of rotatable bonds is 5. The molecule has 1 aliphatic carbocycles. The quantitative estimate of drug-likeness (QED) is 0.397. The minimum absolute atomic E-state index is 0.0265. The highest BCUT2D eigenvalue weighted by molar-refractivity contribution is 6.05. The van der Waals surface area contributed by atoms with Gasteiger partial charge in [-0.25, -0.2) is 19.1 Å². The lowest BCUT2D eigenvalue weighted by molar-refractivity contribution is -0.141. The van der Waals surface area contributed by atoms with Crippen LogP contribution in [0.5, 0.6) is 5.88 Å². The number of aromatic carboxylic acids is 1. The fraction of sp³-hybridized carbons (Fsp3) is 0.240. The summed E-state index contributed by atoms with van der Waals surface area (Å²) < 4.78 is 48.7. The third kappa shape index (κ3) is 5.68. The zero-order valence-corrected chi connectivity index (χ0v) is 20.4. The van der Waals surface area contributed by atoms with E-state index in [4.69, 9.17) is 9.84 Å². The van der Waals surface area contributed by atoms with Gasteiger partial charge in [0.05, 0.1) is 18.2 Å². The minimum Gasteiger partial charge on any atom is -0.480 e. The summed E-state index contributed by atoms with van der Waals surface area (Å²) in [6.45, 7) is 0. The van der Waals surface area contributed by atoms with E-state index in [2.05, 4.69) is 20.2 Å². The van der Waals surface area contributed by atoms with Crippen molar-refractivity contribution in [2.75, 3.05) is 7.11 Å². The van der Waals surface area contributed by atoms with E-state index in [1.54, 1.807) is 6.07 Å². The van der Waals surface area contributed by atoms with E-state index >= 15 is 0 Å². The molecule has 0 spiro atoms. The standard InChI is InChI=1S/C19H16F3N5O3.C6H5NO2/c1-30-16-14(18(29)27-10-4-8-24-27)12(11-5-2-6-11)13(15(25-16)19(20,21)22)17(28)26-9-3-7-23-26;8-6(9)5-2-1-3-7-4-5/h3-4,7-11H,2,5-6H2,1H3;1-4H,(H,8,9). The number of methoxy groups -OCH3 is 1. The Hall–Kier alpha value is -4.88. The first-order valence-electron chi connectivity index (χ1n) is 11.5. The number of pyridine rings is 2. The first-order valence-corrected chi connectivity index (χ1v) is 11.5. The number of ether oxygens (including phenoxy) is 1. The Kier molecular flexibility index (Phi) is 7.83. The number of hydrogen-bond acceptors (Lipinski definition) is 8. The Bertz CT molecular complexity index is 1470. The molecule has 0 bridgehead atoms. The maximum absolute atomic E-state index is 13.9. The molecule has 0 aliphatic heterocycles. The van der Waals surface area contributed by atoms with Gasteiger partial charge >= 0.3 is 12.1 Å². The van der Waals surface area contributed by atoms with Crippen molar-refractivity contribution in [2.24, 2.45) is 0 Å². The lowest BCUT2D eigenvalue weighted by Crippen LogP contribution is -2.29. The molecule has 5 rings (SSSR count). The number of hydrogen-bond donors (Lipinski definition) is 1. The monoisotopic (exact) mass is 542 g/mol. The van der Waals surface area contributed by atoms with E-state index < -0.39 is 47.0 Å². The molecule has 4 aromatic heterocycles. The van der Waals surface area contributed by atoms with Crippen LogP contribution in [0.15, 0.2) is 61.4 Å². The Balaban J connectivity index is 0.000000333. The van der Waals surface area contributed by atoms with Crippen molar-refractivity contribution >= 4 is 17.8 Å². The zero-order valence-electron chi connectivity index (χ0n) is 20.4. The van der Waals surface area contributed by atoms with Crippen LogP contribution in [0.4, 0.5) is 13.2 Å². The molecule has 0 aromatic carbocycles. The first kappa shape index (κ1) is 27.2. The normalized spacial score (nSPS) is 13.1. The predicted octanol–water partition coefficient (Wildman–Crippen LogP) is 3.93. The predicted molar refractivity (Wildman–Crippen MR) is 127 cm³/mol. The van der Waals surface area contributed by atoms with Gasteiger partial charge in [-0.1, -0.05) is 6.42 Å². The van der Waals surface area contributed by atoms with Gasteiger partial charge < -0.3 is 9.84 Å². The summed E-state index contributed by atoms with van der Waals surface area (Å²) in [6.07, 6.45) is 4.97. The van der Waals surface area contributed by atoms with E-state index in [0.29, 0.717) is 12.8 Å². The van der Waals surface area contributed by atoms with Crippen LogP contribution >= 0.6 is 0 Å². The molecule has 0 saturated heterocycles. The summed E-state index contributed by atoms with van der Waals surface area (Å²) in [5.74, 6) is -3.61. The SMILES string of the molecule is COc1nc(C(F)(F)F)c(C(=O)n2cccn2)c(C2CCC2)c1C(=O)n1cccn1.O=C(O)c1cccnc1. The fourth-order valence-electron chi connectivity index (χ4n) is 3.96. The van der Waals surface area contributed by atoms with E-state index in [0.717, 1.165) is 22.9 Å². The highest BCUT2D eigenvalue weighted by Crippen LogP contribution is 2.45. The van der Waals surface area contributed by atoms with Crippen LogP contribution < -0.4 is 4.74 Å². The van der Waals surface area contributed by atoms with Gasteiger partial charge in [0.2, 0.25) is 5.88 Å². The number of carbonyl (C=O) groups excluding carboxylic acids is 2. The van der Waals surface area contributed by atoms with Gasteiger partial charge in [-0.15, -0.1) is 0 Å². The molecular weight excluding hydrogens is 521 g/mol. The van der Waals surface area contributed by atoms with Crippen LogP contribution in [0, 0.1) is 0 Å². The third-order valence-corrected chi connectivity index (χ3v) is 5.94. The molecule has 0 radical (unpaired) electrons. The van der Waals surface area contributed by atoms with Crippen LogP contribution in [-0.4, -0.2) is 59.5 Å². The summed E-state index contributed by atoms with van der Waals surface area (Å²) in [6, 6.07) is 6.00. The van der Waals surface area contributed by atoms with Crippen LogP contribution in [0.25, 0.3) is 0 Å². The average Bonchev–Trinajstić information content (AvgIpc) is 3.61. The topological polar surface area (TPSA) is 142 Å². The van der Waals surface area contributed by atoms with Crippen LogP contribution in [0.3, 0.4) is 0 Å². The number of carbonyl (C=O) groups is 3. The van der Waals surface area contributed by atoms with Crippen molar-refractivity contribution in [2.45, 2.75) is 31.4 Å². The van der Waals surface area contributed by atoms with Crippen molar-refractivity contribution in [3.05, 3.63) is 89.4 Å². The van der Waals surface area contributed by atoms with E-state index in [9.17, 15) is 27.6 Å². The summed E-state index contributed by atoms with van der Waals surface area (Å²) in [4.78, 5) is 43.6. The number of aromatic nitrogens is 6. The number of carboxylic acids is 1. The maximum Gasteiger partial charge on any atom is 0.434 e. The molecule has 4 aromatic rings. The van der Waals surface area contributed by atoms with Crippen molar-refractivity contribution in [3.63, 3.8) is 0 Å². The van der Waals surface area contributed by atoms with Crippen LogP contribution in [-0.2, 0) is 6.18 Å². The molecular formula is C25H21F3N6O5. The minimum atomic E-state index is -4.95. The Labute approximate surface area is 218 Å². The molecule has 4 heterocycles. The molecule has 0 unspecified atom stereocenters. The van der Waals surface area contributed by atoms with E-state index in [-0.39, 0.29) is 16.7 Å². The zero-order chi connectivity index (χ0) is 28.2. The van der Waals surface area contributed by atoms with Gasteiger partial charge in [-0.05, 0) is 48.6 Å². The fourth-order valence-corrected chi connectivity index (χ4v) is 3.96. The maximum atomic E-state index is 13.9. The lowest BCUT2D eigenvalue weighted by Gasteiger charge is -2.31. The van der Waals surface area contributed by atoms with Crippen molar-refractivity contribution in [1.29, 1.82) is 0 Å².